The molecule has 0 N–H and O–H groups in total. The molecule has 0 bridgehead atoms. The van der Waals surface area contributed by atoms with Gasteiger partial charge in [-0.25, -0.2) is 4.90 Å². The van der Waals surface area contributed by atoms with Gasteiger partial charge in [-0.2, -0.15) is 0 Å². The summed E-state index contributed by atoms with van der Waals surface area (Å²) in [4.78, 5) is 53.9. The monoisotopic (exact) mass is 444 g/mol. The Hall–Kier alpha value is -3.74. The van der Waals surface area contributed by atoms with Crippen molar-refractivity contribution in [1.82, 2.24) is 0 Å². The third-order valence-electron chi connectivity index (χ3n) is 6.67. The number of fused-ring (bicyclic) bond motifs is 1. The fourth-order valence-electron chi connectivity index (χ4n) is 4.90. The average molecular weight is 444 g/mol. The predicted octanol–water partition coefficient (Wildman–Crippen LogP) is 3.41. The molecule has 0 radical (unpaired) electrons. The van der Waals surface area contributed by atoms with Crippen molar-refractivity contribution in [3.8, 4) is 5.75 Å². The van der Waals surface area contributed by atoms with Crippen LogP contribution in [-0.2, 0) is 19.2 Å². The minimum atomic E-state index is -0.593. The molecule has 2 aliphatic heterocycles. The molecule has 3 amide bonds. The van der Waals surface area contributed by atoms with Crippen molar-refractivity contribution in [1.29, 1.82) is 0 Å². The Morgan fingerprint density at radius 1 is 0.939 bits per heavy atom. The molecule has 2 aromatic rings. The van der Waals surface area contributed by atoms with Crippen LogP contribution in [0.5, 0.6) is 5.75 Å². The zero-order chi connectivity index (χ0) is 23.1. The van der Waals surface area contributed by atoms with Crippen molar-refractivity contribution in [3.05, 3.63) is 66.2 Å². The third kappa shape index (κ3) is 3.73. The summed E-state index contributed by atoms with van der Waals surface area (Å²) in [6.45, 7) is 2.18. The number of hydrogen-bond acceptors (Lipinski definition) is 5. The first kappa shape index (κ1) is 21.1. The highest BCUT2D eigenvalue weighted by molar-refractivity contribution is 6.22. The summed E-state index contributed by atoms with van der Waals surface area (Å²) >= 11 is 0. The number of benzene rings is 2. The van der Waals surface area contributed by atoms with Crippen LogP contribution in [0.2, 0.25) is 0 Å². The highest BCUT2D eigenvalue weighted by Crippen LogP contribution is 2.38. The molecular weight excluding hydrogens is 420 g/mol. The minimum absolute atomic E-state index is 0.0757. The molecule has 0 spiro atoms. The van der Waals surface area contributed by atoms with Crippen molar-refractivity contribution >= 4 is 35.1 Å². The van der Waals surface area contributed by atoms with E-state index in [1.165, 1.54) is 11.0 Å². The number of rotatable bonds is 4. The Labute approximate surface area is 191 Å². The fourth-order valence-corrected chi connectivity index (χ4v) is 4.90. The van der Waals surface area contributed by atoms with E-state index < -0.39 is 11.9 Å². The predicted molar refractivity (Wildman–Crippen MR) is 122 cm³/mol. The second kappa shape index (κ2) is 8.31. The van der Waals surface area contributed by atoms with Crippen LogP contribution in [-0.4, -0.2) is 30.2 Å². The van der Waals surface area contributed by atoms with E-state index >= 15 is 0 Å². The Morgan fingerprint density at radius 2 is 1.64 bits per heavy atom. The Morgan fingerprint density at radius 3 is 2.33 bits per heavy atom. The minimum Gasteiger partial charge on any atom is -0.426 e. The Kier molecular flexibility index (Phi) is 5.32. The van der Waals surface area contributed by atoms with Gasteiger partial charge in [0.1, 0.15) is 5.75 Å². The number of carbonyl (C=O) groups is 4. The van der Waals surface area contributed by atoms with Crippen LogP contribution in [0, 0.1) is 24.7 Å². The second-order valence-electron chi connectivity index (χ2n) is 8.78. The van der Waals surface area contributed by atoms with Gasteiger partial charge in [-0.3, -0.25) is 19.2 Å². The maximum atomic E-state index is 12.8. The van der Waals surface area contributed by atoms with Gasteiger partial charge in [0.2, 0.25) is 17.7 Å². The SMILES string of the molecule is Cc1ccccc1N1C[C@H](C(=O)Oc2cccc(N3C(=O)[C@H]4CC=CC[C@@H]4C3=O)c2)CC1=O. The molecule has 7 nitrogen and oxygen atoms in total. The summed E-state index contributed by atoms with van der Waals surface area (Å²) in [5.74, 6) is -2.06. The van der Waals surface area contributed by atoms with E-state index in [0.717, 1.165) is 11.3 Å². The number of carbonyl (C=O) groups excluding carboxylic acids is 4. The molecule has 2 heterocycles. The summed E-state index contributed by atoms with van der Waals surface area (Å²) in [7, 11) is 0. The van der Waals surface area contributed by atoms with Gasteiger partial charge in [-0.15, -0.1) is 0 Å². The standard InChI is InChI=1S/C26H24N2O5/c1-16-7-2-5-12-22(16)27-15-17(13-23(27)29)26(32)33-19-9-6-8-18(14-19)28-24(30)20-10-3-4-11-21(20)25(28)31/h2-9,12,14,17,20-21H,10-11,13,15H2,1H3/t17-,20+,21+/m1/s1. The van der Waals surface area contributed by atoms with E-state index in [9.17, 15) is 19.2 Å². The third-order valence-corrected chi connectivity index (χ3v) is 6.67. The normalized spacial score (nSPS) is 24.4. The van der Waals surface area contributed by atoms with E-state index in [2.05, 4.69) is 0 Å². The smallest absolute Gasteiger partial charge is 0.316 e. The highest BCUT2D eigenvalue weighted by atomic mass is 16.5. The quantitative estimate of drug-likeness (QED) is 0.312. The second-order valence-corrected chi connectivity index (χ2v) is 8.78. The topological polar surface area (TPSA) is 84.0 Å². The number of para-hydroxylation sites is 1. The first-order valence-corrected chi connectivity index (χ1v) is 11.1. The fraction of sp³-hybridized carbons (Fsp3) is 0.308. The largest absolute Gasteiger partial charge is 0.426 e. The lowest BCUT2D eigenvalue weighted by atomic mass is 9.85. The van der Waals surface area contributed by atoms with Crippen molar-refractivity contribution in [2.24, 2.45) is 17.8 Å². The lowest BCUT2D eigenvalue weighted by molar-refractivity contribution is -0.139. The van der Waals surface area contributed by atoms with E-state index in [-0.39, 0.29) is 48.3 Å². The first-order valence-electron chi connectivity index (χ1n) is 11.1. The molecule has 3 atom stereocenters. The van der Waals surface area contributed by atoms with Gasteiger partial charge in [0.25, 0.3) is 0 Å². The van der Waals surface area contributed by atoms with Gasteiger partial charge in [-0.1, -0.05) is 36.4 Å². The number of aryl methyl sites for hydroxylation is 1. The molecule has 2 fully saturated rings. The molecule has 0 aromatic heterocycles. The average Bonchev–Trinajstić information content (AvgIpc) is 3.32. The van der Waals surface area contributed by atoms with Crippen LogP contribution in [0.3, 0.4) is 0 Å². The van der Waals surface area contributed by atoms with E-state index in [0.29, 0.717) is 18.5 Å². The molecule has 168 valence electrons. The molecule has 2 saturated heterocycles. The summed E-state index contributed by atoms with van der Waals surface area (Å²) < 4.78 is 5.57. The van der Waals surface area contributed by atoms with Crippen LogP contribution >= 0.6 is 0 Å². The number of imide groups is 1. The molecular formula is C26H24N2O5. The number of amides is 3. The van der Waals surface area contributed by atoms with Gasteiger partial charge in [-0.05, 0) is 43.5 Å². The van der Waals surface area contributed by atoms with Crippen molar-refractivity contribution in [3.63, 3.8) is 0 Å². The number of anilines is 2. The summed E-state index contributed by atoms with van der Waals surface area (Å²) in [5, 5.41) is 0. The Balaban J connectivity index is 1.30. The maximum absolute atomic E-state index is 12.8. The maximum Gasteiger partial charge on any atom is 0.316 e. The number of esters is 1. The van der Waals surface area contributed by atoms with Gasteiger partial charge < -0.3 is 9.64 Å². The van der Waals surface area contributed by atoms with Crippen LogP contribution in [0.15, 0.2) is 60.7 Å². The van der Waals surface area contributed by atoms with Crippen molar-refractivity contribution in [2.45, 2.75) is 26.2 Å². The number of ether oxygens (including phenoxy) is 1. The molecule has 0 unspecified atom stereocenters. The molecule has 0 saturated carbocycles. The number of nitrogens with zero attached hydrogens (tertiary/aromatic N) is 2. The van der Waals surface area contributed by atoms with Crippen LogP contribution in [0.25, 0.3) is 0 Å². The van der Waals surface area contributed by atoms with Crippen LogP contribution < -0.4 is 14.5 Å². The van der Waals surface area contributed by atoms with Crippen molar-refractivity contribution < 1.29 is 23.9 Å². The lowest BCUT2D eigenvalue weighted by Gasteiger charge is -2.19. The van der Waals surface area contributed by atoms with E-state index in [1.54, 1.807) is 23.1 Å². The van der Waals surface area contributed by atoms with Gasteiger partial charge in [0, 0.05) is 24.7 Å². The number of allylic oxidation sites excluding steroid dienone is 2. The highest BCUT2D eigenvalue weighted by Gasteiger charge is 2.48. The van der Waals surface area contributed by atoms with Crippen molar-refractivity contribution in [2.75, 3.05) is 16.3 Å². The van der Waals surface area contributed by atoms with E-state index in [4.69, 9.17) is 4.74 Å². The first-order chi connectivity index (χ1) is 15.9. The van der Waals surface area contributed by atoms with Gasteiger partial charge in [0.05, 0.1) is 23.4 Å². The molecule has 7 heteroatoms. The Bertz CT molecular complexity index is 1160. The van der Waals surface area contributed by atoms with Gasteiger partial charge in [0.15, 0.2) is 0 Å². The summed E-state index contributed by atoms with van der Waals surface area (Å²) in [5.41, 5.74) is 2.15. The van der Waals surface area contributed by atoms with Crippen LogP contribution in [0.4, 0.5) is 11.4 Å². The lowest BCUT2D eigenvalue weighted by Crippen LogP contribution is -2.31. The van der Waals surface area contributed by atoms with Crippen LogP contribution in [0.1, 0.15) is 24.8 Å². The zero-order valence-corrected chi connectivity index (χ0v) is 18.3. The summed E-state index contributed by atoms with van der Waals surface area (Å²) in [6.07, 6.45) is 5.08. The zero-order valence-electron chi connectivity index (χ0n) is 18.3. The molecule has 3 aliphatic rings. The van der Waals surface area contributed by atoms with E-state index in [1.807, 2.05) is 43.3 Å². The molecule has 5 rings (SSSR count). The number of hydrogen-bond donors (Lipinski definition) is 0. The molecule has 2 aromatic carbocycles. The molecule has 1 aliphatic carbocycles. The molecule has 33 heavy (non-hydrogen) atoms. The summed E-state index contributed by atoms with van der Waals surface area (Å²) in [6, 6.07) is 14.0. The van der Waals surface area contributed by atoms with Gasteiger partial charge >= 0.3 is 5.97 Å².